The van der Waals surface area contributed by atoms with Crippen molar-refractivity contribution in [3.63, 3.8) is 0 Å². The van der Waals surface area contributed by atoms with Crippen molar-refractivity contribution in [2.45, 2.75) is 13.3 Å². The van der Waals surface area contributed by atoms with Crippen LogP contribution < -0.4 is 15.5 Å². The molecule has 0 aliphatic heterocycles. The molecule has 6 heteroatoms. The third-order valence-corrected chi connectivity index (χ3v) is 2.28. The molecular weight excluding hydrogens is 250 g/mol. The van der Waals surface area contributed by atoms with E-state index in [1.165, 1.54) is 0 Å². The Morgan fingerprint density at radius 2 is 1.83 bits per heavy atom. The van der Waals surface area contributed by atoms with Gasteiger partial charge in [0.15, 0.2) is 5.96 Å². The Balaban J connectivity index is 0.00000289. The lowest BCUT2D eigenvalue weighted by Crippen LogP contribution is -2.47. The van der Waals surface area contributed by atoms with E-state index in [9.17, 15) is 0 Å². The maximum atomic E-state index is 7.95. The Hall–Kier alpha value is -1.75. The fourth-order valence-corrected chi connectivity index (χ4v) is 1.45. The number of hydrogen-bond acceptors (Lipinski definition) is 2. The van der Waals surface area contributed by atoms with Crippen LogP contribution in [0.2, 0.25) is 0 Å². The first kappa shape index (κ1) is 16.2. The van der Waals surface area contributed by atoms with Crippen LogP contribution in [0.25, 0.3) is 0 Å². The van der Waals surface area contributed by atoms with Gasteiger partial charge in [-0.1, -0.05) is 25.1 Å². The van der Waals surface area contributed by atoms with Crippen LogP contribution in [0.3, 0.4) is 0 Å². The Morgan fingerprint density at radius 3 is 2.33 bits per heavy atom. The molecule has 0 aromatic heterocycles. The molecule has 1 aromatic carbocycles. The summed E-state index contributed by atoms with van der Waals surface area (Å²) in [5.74, 6) is 0.324. The Kier molecular flexibility index (Phi) is 7.54. The lowest BCUT2D eigenvalue weighted by atomic mass is 10.3. The van der Waals surface area contributed by atoms with E-state index in [-0.39, 0.29) is 24.3 Å². The van der Waals surface area contributed by atoms with Gasteiger partial charge < -0.3 is 10.2 Å². The number of nitrogens with zero attached hydrogens (tertiary/aromatic N) is 1. The number of halogens is 1. The monoisotopic (exact) mass is 269 g/mol. The van der Waals surface area contributed by atoms with E-state index in [1.807, 2.05) is 35.2 Å². The Labute approximate surface area is 114 Å². The lowest BCUT2D eigenvalue weighted by Gasteiger charge is -2.25. The summed E-state index contributed by atoms with van der Waals surface area (Å²) in [5, 5.41) is 20.8. The number of anilines is 1. The zero-order valence-corrected chi connectivity index (χ0v) is 11.5. The average Bonchev–Trinajstić information content (AvgIpc) is 2.36. The second-order valence-electron chi connectivity index (χ2n) is 3.59. The summed E-state index contributed by atoms with van der Waals surface area (Å²) in [6.45, 7) is 2.81. The van der Waals surface area contributed by atoms with Gasteiger partial charge in [-0.2, -0.15) is 0 Å². The molecule has 0 heterocycles. The van der Waals surface area contributed by atoms with Crippen molar-refractivity contribution in [3.05, 3.63) is 30.3 Å². The van der Waals surface area contributed by atoms with Gasteiger partial charge in [-0.05, 0) is 18.6 Å². The molecule has 0 spiro atoms. The minimum absolute atomic E-state index is 0. The van der Waals surface area contributed by atoms with Crippen molar-refractivity contribution >= 4 is 30.0 Å². The number of nitrogens with one attached hydrogen (secondary N) is 4. The molecule has 1 rings (SSSR count). The maximum absolute atomic E-state index is 7.95. The largest absolute Gasteiger partial charge is 0.359 e. The molecule has 0 atom stereocenters. The summed E-state index contributed by atoms with van der Waals surface area (Å²) in [4.78, 5) is 1.84. The smallest absolute Gasteiger partial charge is 0.202 e. The molecule has 0 amide bonds. The fourth-order valence-electron chi connectivity index (χ4n) is 1.45. The normalized spacial score (nSPS) is 9.00. The van der Waals surface area contributed by atoms with Crippen molar-refractivity contribution in [3.8, 4) is 0 Å². The molecule has 0 aliphatic carbocycles. The predicted octanol–water partition coefficient (Wildman–Crippen LogP) is 2.00. The minimum atomic E-state index is 0. The standard InChI is InChI=1S/C12H19N5.ClH/c1-3-9-17(10-7-5-4-6-8-10)12(14)16-11(13)15-2;/h4-8H,3,9H2,1-2H3,(H4,13,14,15,16);1H. The van der Waals surface area contributed by atoms with Crippen LogP contribution in [0.4, 0.5) is 5.69 Å². The van der Waals surface area contributed by atoms with E-state index < -0.39 is 0 Å². The van der Waals surface area contributed by atoms with Crippen molar-refractivity contribution in [1.82, 2.24) is 10.6 Å². The van der Waals surface area contributed by atoms with Crippen LogP contribution in [0.1, 0.15) is 13.3 Å². The van der Waals surface area contributed by atoms with Crippen LogP contribution in [-0.2, 0) is 0 Å². The molecule has 0 aliphatic rings. The number of hydrogen-bond donors (Lipinski definition) is 4. The van der Waals surface area contributed by atoms with Crippen molar-refractivity contribution in [1.29, 1.82) is 10.8 Å². The van der Waals surface area contributed by atoms with E-state index in [1.54, 1.807) is 7.05 Å². The molecule has 1 aromatic rings. The van der Waals surface area contributed by atoms with Gasteiger partial charge in [-0.3, -0.25) is 16.1 Å². The lowest BCUT2D eigenvalue weighted by molar-refractivity contribution is 0.879. The van der Waals surface area contributed by atoms with Crippen LogP contribution in [0.15, 0.2) is 30.3 Å². The molecule has 0 fully saturated rings. The van der Waals surface area contributed by atoms with Gasteiger partial charge in [-0.15, -0.1) is 12.4 Å². The first-order valence-corrected chi connectivity index (χ1v) is 5.63. The van der Waals surface area contributed by atoms with Gasteiger partial charge >= 0.3 is 0 Å². The average molecular weight is 270 g/mol. The number of guanidine groups is 2. The van der Waals surface area contributed by atoms with Gasteiger partial charge in [-0.25, -0.2) is 0 Å². The van der Waals surface area contributed by atoms with E-state index in [0.29, 0.717) is 0 Å². The van der Waals surface area contributed by atoms with E-state index in [4.69, 9.17) is 10.8 Å². The number of rotatable bonds is 3. The molecule has 4 N–H and O–H groups in total. The van der Waals surface area contributed by atoms with Gasteiger partial charge in [0.25, 0.3) is 0 Å². The van der Waals surface area contributed by atoms with Crippen LogP contribution in [-0.4, -0.2) is 25.5 Å². The number of para-hydroxylation sites is 1. The molecule has 0 unspecified atom stereocenters. The highest BCUT2D eigenvalue weighted by Gasteiger charge is 2.11. The first-order valence-electron chi connectivity index (χ1n) is 5.63. The highest BCUT2D eigenvalue weighted by molar-refractivity contribution is 6.03. The van der Waals surface area contributed by atoms with Gasteiger partial charge in [0.2, 0.25) is 5.96 Å². The molecule has 5 nitrogen and oxygen atoms in total. The van der Waals surface area contributed by atoms with E-state index in [2.05, 4.69) is 17.6 Å². The second kappa shape index (κ2) is 8.36. The van der Waals surface area contributed by atoms with Crippen molar-refractivity contribution in [2.24, 2.45) is 0 Å². The topological polar surface area (TPSA) is 75.0 Å². The Bertz CT molecular complexity index is 379. The van der Waals surface area contributed by atoms with E-state index >= 15 is 0 Å². The summed E-state index contributed by atoms with van der Waals surface area (Å²) >= 11 is 0. The van der Waals surface area contributed by atoms with Crippen molar-refractivity contribution < 1.29 is 0 Å². The molecule has 18 heavy (non-hydrogen) atoms. The zero-order chi connectivity index (χ0) is 12.7. The predicted molar refractivity (Wildman–Crippen MR) is 79.0 cm³/mol. The van der Waals surface area contributed by atoms with Gasteiger partial charge in [0.05, 0.1) is 0 Å². The second-order valence-corrected chi connectivity index (χ2v) is 3.59. The van der Waals surface area contributed by atoms with Crippen LogP contribution >= 0.6 is 12.4 Å². The molecular formula is C12H20ClN5. The van der Waals surface area contributed by atoms with Crippen LogP contribution in [0, 0.1) is 10.8 Å². The van der Waals surface area contributed by atoms with Crippen LogP contribution in [0.5, 0.6) is 0 Å². The third kappa shape index (κ3) is 4.63. The summed E-state index contributed by atoms with van der Waals surface area (Å²) < 4.78 is 0. The van der Waals surface area contributed by atoms with E-state index in [0.717, 1.165) is 18.7 Å². The molecule has 0 bridgehead atoms. The fraction of sp³-hybridized carbons (Fsp3) is 0.333. The SMILES string of the molecule is CCCN(C(=N)NC(=N)NC)c1ccccc1.Cl. The molecule has 0 saturated heterocycles. The van der Waals surface area contributed by atoms with Gasteiger partial charge in [0, 0.05) is 19.3 Å². The summed E-state index contributed by atoms with van der Waals surface area (Å²) in [6, 6.07) is 9.73. The maximum Gasteiger partial charge on any atom is 0.202 e. The summed E-state index contributed by atoms with van der Waals surface area (Å²) in [6.07, 6.45) is 0.936. The highest BCUT2D eigenvalue weighted by atomic mass is 35.5. The van der Waals surface area contributed by atoms with Crippen molar-refractivity contribution in [2.75, 3.05) is 18.5 Å². The highest BCUT2D eigenvalue weighted by Crippen LogP contribution is 2.13. The molecule has 0 saturated carbocycles. The minimum Gasteiger partial charge on any atom is -0.359 e. The Morgan fingerprint density at radius 1 is 1.22 bits per heavy atom. The molecule has 0 radical (unpaired) electrons. The summed E-state index contributed by atoms with van der Waals surface area (Å²) in [7, 11) is 1.65. The summed E-state index contributed by atoms with van der Waals surface area (Å²) in [5.41, 5.74) is 0.954. The third-order valence-electron chi connectivity index (χ3n) is 2.28. The van der Waals surface area contributed by atoms with Gasteiger partial charge in [0.1, 0.15) is 0 Å². The zero-order valence-electron chi connectivity index (χ0n) is 10.7. The molecule has 100 valence electrons. The number of benzene rings is 1. The first-order chi connectivity index (χ1) is 8.19. The quantitative estimate of drug-likeness (QED) is 0.501.